The van der Waals surface area contributed by atoms with Crippen LogP contribution in [-0.2, 0) is 13.6 Å². The van der Waals surface area contributed by atoms with Crippen molar-refractivity contribution in [1.29, 1.82) is 0 Å². The van der Waals surface area contributed by atoms with Gasteiger partial charge < -0.3 is 5.11 Å². The van der Waals surface area contributed by atoms with E-state index in [1.54, 1.807) is 4.68 Å². The van der Waals surface area contributed by atoms with E-state index in [9.17, 15) is 9.90 Å². The number of piperazine rings is 1. The SMILES string of the molecule is Cn1ncc(C(=O)O)c1CN1CCN(C2CCCC2)CC1. The molecule has 0 atom stereocenters. The van der Waals surface area contributed by atoms with Gasteiger partial charge in [-0.25, -0.2) is 4.79 Å². The molecule has 0 amide bonds. The summed E-state index contributed by atoms with van der Waals surface area (Å²) in [4.78, 5) is 16.2. The summed E-state index contributed by atoms with van der Waals surface area (Å²) in [6.45, 7) is 4.91. The minimum atomic E-state index is -0.886. The van der Waals surface area contributed by atoms with Crippen molar-refractivity contribution in [1.82, 2.24) is 19.6 Å². The average molecular weight is 292 g/mol. The molecule has 3 rings (SSSR count). The average Bonchev–Trinajstić information content (AvgIpc) is 3.11. The van der Waals surface area contributed by atoms with Crippen molar-refractivity contribution in [3.05, 3.63) is 17.5 Å². The molecular weight excluding hydrogens is 268 g/mol. The molecule has 1 saturated heterocycles. The van der Waals surface area contributed by atoms with Crippen molar-refractivity contribution < 1.29 is 9.90 Å². The molecule has 1 aliphatic carbocycles. The van der Waals surface area contributed by atoms with Gasteiger partial charge in [0.15, 0.2) is 0 Å². The first-order chi connectivity index (χ1) is 10.1. The summed E-state index contributed by atoms with van der Waals surface area (Å²) in [6, 6.07) is 0.790. The Balaban J connectivity index is 1.58. The molecule has 6 nitrogen and oxygen atoms in total. The lowest BCUT2D eigenvalue weighted by atomic mass is 10.1. The van der Waals surface area contributed by atoms with Crippen LogP contribution in [0.2, 0.25) is 0 Å². The molecule has 1 aliphatic heterocycles. The monoisotopic (exact) mass is 292 g/mol. The molecule has 0 unspecified atom stereocenters. The second-order valence-corrected chi connectivity index (χ2v) is 6.18. The molecule has 1 aromatic rings. The van der Waals surface area contributed by atoms with Gasteiger partial charge in [-0.05, 0) is 12.8 Å². The van der Waals surface area contributed by atoms with E-state index in [4.69, 9.17) is 0 Å². The smallest absolute Gasteiger partial charge is 0.339 e. The van der Waals surface area contributed by atoms with E-state index in [1.807, 2.05) is 7.05 Å². The molecule has 2 aliphatic rings. The molecular formula is C15H24N4O2. The molecule has 0 spiro atoms. The van der Waals surface area contributed by atoms with Gasteiger partial charge in [-0.1, -0.05) is 12.8 Å². The van der Waals surface area contributed by atoms with E-state index >= 15 is 0 Å². The minimum Gasteiger partial charge on any atom is -0.478 e. The standard InChI is InChI=1S/C15H24N4O2/c1-17-14(13(10-16-17)15(20)21)11-18-6-8-19(9-7-18)12-4-2-3-5-12/h10,12H,2-9,11H2,1H3,(H,20,21). The Morgan fingerprint density at radius 3 is 2.57 bits per heavy atom. The van der Waals surface area contributed by atoms with Crippen LogP contribution in [0.3, 0.4) is 0 Å². The molecule has 2 fully saturated rings. The Hall–Kier alpha value is -1.40. The molecule has 0 aromatic carbocycles. The van der Waals surface area contributed by atoms with Gasteiger partial charge in [0.2, 0.25) is 0 Å². The van der Waals surface area contributed by atoms with E-state index in [0.717, 1.165) is 37.9 Å². The van der Waals surface area contributed by atoms with Crippen molar-refractivity contribution in [2.24, 2.45) is 7.05 Å². The van der Waals surface area contributed by atoms with Gasteiger partial charge in [0.1, 0.15) is 5.56 Å². The number of carbonyl (C=O) groups is 1. The first kappa shape index (κ1) is 14.5. The van der Waals surface area contributed by atoms with Crippen molar-refractivity contribution in [3.8, 4) is 0 Å². The maximum absolute atomic E-state index is 11.2. The maximum atomic E-state index is 11.2. The van der Waals surface area contributed by atoms with Crippen molar-refractivity contribution in [2.75, 3.05) is 26.2 Å². The van der Waals surface area contributed by atoms with E-state index in [-0.39, 0.29) is 0 Å². The minimum absolute atomic E-state index is 0.329. The van der Waals surface area contributed by atoms with Gasteiger partial charge >= 0.3 is 5.97 Å². The Bertz CT molecular complexity index is 500. The maximum Gasteiger partial charge on any atom is 0.339 e. The third-order valence-corrected chi connectivity index (χ3v) is 4.91. The van der Waals surface area contributed by atoms with E-state index in [0.29, 0.717) is 12.1 Å². The highest BCUT2D eigenvalue weighted by Gasteiger charge is 2.27. The van der Waals surface area contributed by atoms with Gasteiger partial charge in [-0.2, -0.15) is 5.10 Å². The topological polar surface area (TPSA) is 61.6 Å². The molecule has 0 radical (unpaired) electrons. The molecule has 1 N–H and O–H groups in total. The van der Waals surface area contributed by atoms with E-state index in [1.165, 1.54) is 31.9 Å². The molecule has 2 heterocycles. The Morgan fingerprint density at radius 1 is 1.29 bits per heavy atom. The van der Waals surface area contributed by atoms with Crippen molar-refractivity contribution >= 4 is 5.97 Å². The molecule has 0 bridgehead atoms. The third-order valence-electron chi connectivity index (χ3n) is 4.91. The second-order valence-electron chi connectivity index (χ2n) is 6.18. The summed E-state index contributed by atoms with van der Waals surface area (Å²) in [5.41, 5.74) is 1.13. The van der Waals surface area contributed by atoms with E-state index in [2.05, 4.69) is 14.9 Å². The van der Waals surface area contributed by atoms with Crippen LogP contribution in [-0.4, -0.2) is 62.9 Å². The van der Waals surface area contributed by atoms with Crippen LogP contribution < -0.4 is 0 Å². The Morgan fingerprint density at radius 2 is 1.95 bits per heavy atom. The quantitative estimate of drug-likeness (QED) is 0.903. The third kappa shape index (κ3) is 3.11. The first-order valence-corrected chi connectivity index (χ1v) is 7.85. The van der Waals surface area contributed by atoms with E-state index < -0.39 is 5.97 Å². The molecule has 116 valence electrons. The molecule has 6 heteroatoms. The van der Waals surface area contributed by atoms with Crippen LogP contribution in [0.15, 0.2) is 6.20 Å². The number of aromatic nitrogens is 2. The Kier molecular flexibility index (Phi) is 4.26. The number of hydrogen-bond donors (Lipinski definition) is 1. The lowest BCUT2D eigenvalue weighted by molar-refractivity contribution is 0.0689. The number of carboxylic acids is 1. The zero-order chi connectivity index (χ0) is 14.8. The first-order valence-electron chi connectivity index (χ1n) is 7.85. The number of aryl methyl sites for hydroxylation is 1. The molecule has 1 saturated carbocycles. The summed E-state index contributed by atoms with van der Waals surface area (Å²) in [7, 11) is 1.82. The molecule has 1 aromatic heterocycles. The fraction of sp³-hybridized carbons (Fsp3) is 0.733. The van der Waals surface area contributed by atoms with Gasteiger partial charge in [-0.15, -0.1) is 0 Å². The summed E-state index contributed by atoms with van der Waals surface area (Å²) in [5.74, 6) is -0.886. The lowest BCUT2D eigenvalue weighted by Crippen LogP contribution is -2.49. The lowest BCUT2D eigenvalue weighted by Gasteiger charge is -2.38. The van der Waals surface area contributed by atoms with Crippen LogP contribution >= 0.6 is 0 Å². The summed E-state index contributed by atoms with van der Waals surface area (Å²) in [5, 5.41) is 13.3. The summed E-state index contributed by atoms with van der Waals surface area (Å²) in [6.07, 6.45) is 6.91. The molecule has 21 heavy (non-hydrogen) atoms. The van der Waals surface area contributed by atoms with Crippen molar-refractivity contribution in [3.63, 3.8) is 0 Å². The fourth-order valence-electron chi connectivity index (χ4n) is 3.60. The highest BCUT2D eigenvalue weighted by molar-refractivity contribution is 5.88. The van der Waals surface area contributed by atoms with Gasteiger partial charge in [0, 0.05) is 45.8 Å². The number of carboxylic acid groups (broad SMARTS) is 1. The van der Waals surface area contributed by atoms with Crippen LogP contribution in [0, 0.1) is 0 Å². The zero-order valence-electron chi connectivity index (χ0n) is 12.7. The summed E-state index contributed by atoms with van der Waals surface area (Å²) < 4.78 is 1.69. The predicted molar refractivity (Wildman–Crippen MR) is 79.3 cm³/mol. The predicted octanol–water partition coefficient (Wildman–Crippen LogP) is 1.18. The van der Waals surface area contributed by atoms with Gasteiger partial charge in [-0.3, -0.25) is 14.5 Å². The number of rotatable bonds is 4. The van der Waals surface area contributed by atoms with Crippen molar-refractivity contribution in [2.45, 2.75) is 38.3 Å². The largest absolute Gasteiger partial charge is 0.478 e. The second kappa shape index (κ2) is 6.15. The highest BCUT2D eigenvalue weighted by Crippen LogP contribution is 2.24. The van der Waals surface area contributed by atoms with Crippen LogP contribution in [0.4, 0.5) is 0 Å². The highest BCUT2D eigenvalue weighted by atomic mass is 16.4. The number of nitrogens with zero attached hydrogens (tertiary/aromatic N) is 4. The number of aromatic carboxylic acids is 1. The summed E-state index contributed by atoms with van der Waals surface area (Å²) >= 11 is 0. The van der Waals surface area contributed by atoms with Crippen LogP contribution in [0.5, 0.6) is 0 Å². The Labute approximate surface area is 125 Å². The zero-order valence-corrected chi connectivity index (χ0v) is 12.7. The number of hydrogen-bond acceptors (Lipinski definition) is 4. The normalized spacial score (nSPS) is 22.0. The van der Waals surface area contributed by atoms with Crippen LogP contribution in [0.25, 0.3) is 0 Å². The van der Waals surface area contributed by atoms with Crippen LogP contribution in [0.1, 0.15) is 41.7 Å². The fourth-order valence-corrected chi connectivity index (χ4v) is 3.60. The van der Waals surface area contributed by atoms with Gasteiger partial charge in [0.05, 0.1) is 11.9 Å². The van der Waals surface area contributed by atoms with Gasteiger partial charge in [0.25, 0.3) is 0 Å².